The van der Waals surface area contributed by atoms with Gasteiger partial charge in [0, 0.05) is 24.9 Å². The molecule has 0 saturated heterocycles. The SMILES string of the molecule is CCN(CC(C)C(N)=NO)C(=O)C(C)C(C)C. The fourth-order valence-corrected chi connectivity index (χ4v) is 1.47. The number of rotatable bonds is 6. The van der Waals surface area contributed by atoms with Crippen molar-refractivity contribution in [3.05, 3.63) is 0 Å². The predicted octanol–water partition coefficient (Wildman–Crippen LogP) is 1.51. The highest BCUT2D eigenvalue weighted by Crippen LogP contribution is 2.14. The molecule has 0 spiro atoms. The van der Waals surface area contributed by atoms with Gasteiger partial charge in [-0.25, -0.2) is 0 Å². The van der Waals surface area contributed by atoms with Crippen molar-refractivity contribution in [2.75, 3.05) is 13.1 Å². The number of nitrogens with two attached hydrogens (primary N) is 1. The third-order valence-electron chi connectivity index (χ3n) is 3.20. The molecule has 0 rings (SSSR count). The van der Waals surface area contributed by atoms with Crippen LogP contribution in [-0.2, 0) is 4.79 Å². The summed E-state index contributed by atoms with van der Waals surface area (Å²) in [6.45, 7) is 10.9. The summed E-state index contributed by atoms with van der Waals surface area (Å²) in [4.78, 5) is 13.9. The van der Waals surface area contributed by atoms with Gasteiger partial charge in [-0.15, -0.1) is 0 Å². The van der Waals surface area contributed by atoms with Crippen molar-refractivity contribution < 1.29 is 10.0 Å². The summed E-state index contributed by atoms with van der Waals surface area (Å²) in [5.74, 6) is 0.460. The minimum absolute atomic E-state index is 0.00515. The van der Waals surface area contributed by atoms with Gasteiger partial charge in [0.05, 0.1) is 0 Å². The van der Waals surface area contributed by atoms with E-state index in [-0.39, 0.29) is 23.6 Å². The van der Waals surface area contributed by atoms with E-state index in [1.807, 2.05) is 34.6 Å². The van der Waals surface area contributed by atoms with Crippen molar-refractivity contribution in [1.29, 1.82) is 0 Å². The van der Waals surface area contributed by atoms with Crippen LogP contribution in [0.4, 0.5) is 0 Å². The van der Waals surface area contributed by atoms with E-state index in [1.54, 1.807) is 4.90 Å². The number of hydrogen-bond donors (Lipinski definition) is 2. The highest BCUT2D eigenvalue weighted by molar-refractivity contribution is 5.83. The van der Waals surface area contributed by atoms with Crippen LogP contribution < -0.4 is 5.73 Å². The minimum Gasteiger partial charge on any atom is -0.409 e. The molecule has 2 atom stereocenters. The van der Waals surface area contributed by atoms with Gasteiger partial charge in [-0.3, -0.25) is 4.79 Å². The fourth-order valence-electron chi connectivity index (χ4n) is 1.47. The molecule has 0 aliphatic carbocycles. The molecule has 17 heavy (non-hydrogen) atoms. The molecule has 0 aromatic rings. The van der Waals surface area contributed by atoms with Gasteiger partial charge in [-0.1, -0.05) is 32.9 Å². The van der Waals surface area contributed by atoms with Crippen LogP contribution in [0.15, 0.2) is 5.16 Å². The first-order valence-electron chi connectivity index (χ1n) is 6.11. The van der Waals surface area contributed by atoms with E-state index in [1.165, 1.54) is 0 Å². The summed E-state index contributed by atoms with van der Waals surface area (Å²) in [6.07, 6.45) is 0. The summed E-state index contributed by atoms with van der Waals surface area (Å²) >= 11 is 0. The second-order valence-electron chi connectivity index (χ2n) is 4.84. The first kappa shape index (κ1) is 15.7. The van der Waals surface area contributed by atoms with Crippen LogP contribution >= 0.6 is 0 Å². The monoisotopic (exact) mass is 243 g/mol. The number of hydrogen-bond acceptors (Lipinski definition) is 3. The highest BCUT2D eigenvalue weighted by atomic mass is 16.4. The Morgan fingerprint density at radius 3 is 2.24 bits per heavy atom. The zero-order valence-electron chi connectivity index (χ0n) is 11.5. The van der Waals surface area contributed by atoms with Crippen molar-refractivity contribution in [3.63, 3.8) is 0 Å². The van der Waals surface area contributed by atoms with Crippen molar-refractivity contribution in [2.45, 2.75) is 34.6 Å². The first-order chi connectivity index (χ1) is 7.84. The zero-order chi connectivity index (χ0) is 13.6. The van der Waals surface area contributed by atoms with Gasteiger partial charge >= 0.3 is 0 Å². The lowest BCUT2D eigenvalue weighted by Crippen LogP contribution is -2.42. The average Bonchev–Trinajstić information content (AvgIpc) is 2.32. The molecular weight excluding hydrogens is 218 g/mol. The quantitative estimate of drug-likeness (QED) is 0.321. The summed E-state index contributed by atoms with van der Waals surface area (Å²) in [5.41, 5.74) is 5.52. The molecule has 0 bridgehead atoms. The normalized spacial score (nSPS) is 15.8. The van der Waals surface area contributed by atoms with Gasteiger partial charge < -0.3 is 15.8 Å². The van der Waals surface area contributed by atoms with Crippen LogP contribution in [0.25, 0.3) is 0 Å². The Morgan fingerprint density at radius 2 is 1.88 bits per heavy atom. The van der Waals surface area contributed by atoms with E-state index in [2.05, 4.69) is 5.16 Å². The van der Waals surface area contributed by atoms with Gasteiger partial charge in [0.2, 0.25) is 5.91 Å². The lowest BCUT2D eigenvalue weighted by molar-refractivity contribution is -0.136. The Labute approximate surface area is 104 Å². The largest absolute Gasteiger partial charge is 0.409 e. The average molecular weight is 243 g/mol. The molecule has 3 N–H and O–H groups in total. The molecule has 5 nitrogen and oxygen atoms in total. The Morgan fingerprint density at radius 1 is 1.35 bits per heavy atom. The predicted molar refractivity (Wildman–Crippen MR) is 68.8 cm³/mol. The van der Waals surface area contributed by atoms with E-state index in [4.69, 9.17) is 10.9 Å². The van der Waals surface area contributed by atoms with Crippen LogP contribution in [0, 0.1) is 17.8 Å². The Hall–Kier alpha value is -1.26. The molecule has 0 aromatic carbocycles. The fraction of sp³-hybridized carbons (Fsp3) is 0.833. The molecule has 0 fully saturated rings. The highest BCUT2D eigenvalue weighted by Gasteiger charge is 2.24. The Kier molecular flexibility index (Phi) is 6.61. The maximum atomic E-state index is 12.1. The van der Waals surface area contributed by atoms with Gasteiger partial charge in [-0.05, 0) is 12.8 Å². The van der Waals surface area contributed by atoms with Crippen LogP contribution in [0.1, 0.15) is 34.6 Å². The zero-order valence-corrected chi connectivity index (χ0v) is 11.5. The van der Waals surface area contributed by atoms with Crippen LogP contribution in [0.2, 0.25) is 0 Å². The first-order valence-corrected chi connectivity index (χ1v) is 6.11. The summed E-state index contributed by atoms with van der Waals surface area (Å²) in [5, 5.41) is 11.6. The van der Waals surface area contributed by atoms with Crippen molar-refractivity contribution in [3.8, 4) is 0 Å². The van der Waals surface area contributed by atoms with Crippen LogP contribution in [0.3, 0.4) is 0 Å². The Bertz CT molecular complexity index is 277. The molecule has 0 aliphatic heterocycles. The third-order valence-corrected chi connectivity index (χ3v) is 3.20. The topological polar surface area (TPSA) is 78.9 Å². The number of amidine groups is 1. The summed E-state index contributed by atoms with van der Waals surface area (Å²) in [7, 11) is 0. The maximum absolute atomic E-state index is 12.1. The standard InChI is InChI=1S/C12H25N3O2/c1-6-15(7-9(4)11(13)14-17)12(16)10(5)8(2)3/h8-10,17H,6-7H2,1-5H3,(H2,13,14). The second-order valence-corrected chi connectivity index (χ2v) is 4.84. The van der Waals surface area contributed by atoms with Gasteiger partial charge in [0.25, 0.3) is 0 Å². The van der Waals surface area contributed by atoms with Gasteiger partial charge in [-0.2, -0.15) is 0 Å². The second kappa shape index (κ2) is 7.14. The molecular formula is C12H25N3O2. The molecule has 1 amide bonds. The molecule has 0 radical (unpaired) electrons. The lowest BCUT2D eigenvalue weighted by atomic mass is 9.96. The smallest absolute Gasteiger partial charge is 0.225 e. The number of carbonyl (C=O) groups excluding carboxylic acids is 1. The molecule has 0 saturated carbocycles. The van der Waals surface area contributed by atoms with E-state index in [9.17, 15) is 4.79 Å². The third kappa shape index (κ3) is 4.63. The van der Waals surface area contributed by atoms with Crippen LogP contribution in [0.5, 0.6) is 0 Å². The van der Waals surface area contributed by atoms with E-state index in [0.29, 0.717) is 19.0 Å². The number of oxime groups is 1. The van der Waals surface area contributed by atoms with E-state index < -0.39 is 0 Å². The van der Waals surface area contributed by atoms with Gasteiger partial charge in [0.1, 0.15) is 5.84 Å². The molecule has 5 heteroatoms. The molecule has 0 heterocycles. The van der Waals surface area contributed by atoms with Gasteiger partial charge in [0.15, 0.2) is 0 Å². The van der Waals surface area contributed by atoms with Crippen molar-refractivity contribution in [1.82, 2.24) is 4.90 Å². The molecule has 100 valence electrons. The van der Waals surface area contributed by atoms with Crippen LogP contribution in [-0.4, -0.2) is 34.9 Å². The maximum Gasteiger partial charge on any atom is 0.225 e. The summed E-state index contributed by atoms with van der Waals surface area (Å²) < 4.78 is 0. The number of amides is 1. The molecule has 2 unspecified atom stereocenters. The van der Waals surface area contributed by atoms with Crippen molar-refractivity contribution in [2.24, 2.45) is 28.6 Å². The molecule has 0 aromatic heterocycles. The molecule has 0 aliphatic rings. The van der Waals surface area contributed by atoms with E-state index >= 15 is 0 Å². The Balaban J connectivity index is 4.58. The summed E-state index contributed by atoms with van der Waals surface area (Å²) in [6, 6.07) is 0. The lowest BCUT2D eigenvalue weighted by Gasteiger charge is -2.28. The number of nitrogens with zero attached hydrogens (tertiary/aromatic N) is 2. The van der Waals surface area contributed by atoms with Crippen molar-refractivity contribution >= 4 is 11.7 Å². The number of carbonyl (C=O) groups is 1. The minimum atomic E-state index is -0.136. The van der Waals surface area contributed by atoms with E-state index in [0.717, 1.165) is 0 Å².